The van der Waals surface area contributed by atoms with Crippen molar-refractivity contribution in [3.8, 4) is 0 Å². The predicted molar refractivity (Wildman–Crippen MR) is 79.9 cm³/mol. The van der Waals surface area contributed by atoms with E-state index in [9.17, 15) is 9.18 Å². The molecule has 6 heteroatoms. The van der Waals surface area contributed by atoms with E-state index < -0.39 is 5.82 Å². The van der Waals surface area contributed by atoms with Crippen LogP contribution in [0.1, 0.15) is 6.92 Å². The maximum absolute atomic E-state index is 13.5. The Labute approximate surface area is 117 Å². The number of carbonyl (C=O) groups is 1. The summed E-state index contributed by atoms with van der Waals surface area (Å²) in [4.78, 5) is 13.9. The van der Waals surface area contributed by atoms with Gasteiger partial charge in [-0.05, 0) is 38.4 Å². The predicted octanol–water partition coefficient (Wildman–Crippen LogP) is 2.03. The minimum absolute atomic E-state index is 0.120. The molecule has 0 aliphatic carbocycles. The first kappa shape index (κ1) is 15.8. The van der Waals surface area contributed by atoms with Crippen LogP contribution in [0.5, 0.6) is 0 Å². The van der Waals surface area contributed by atoms with E-state index in [2.05, 4.69) is 5.32 Å². The molecule has 0 saturated heterocycles. The fourth-order valence-electron chi connectivity index (χ4n) is 1.50. The van der Waals surface area contributed by atoms with Gasteiger partial charge in [-0.1, -0.05) is 0 Å². The number of nitrogens with zero attached hydrogens (tertiary/aromatic N) is 1. The number of rotatable bonds is 6. The molecular weight excluding hydrogens is 265 g/mol. The van der Waals surface area contributed by atoms with Gasteiger partial charge in [0.05, 0.1) is 11.7 Å². The number of nitrogens with two attached hydrogens (primary N) is 1. The highest BCUT2D eigenvalue weighted by Gasteiger charge is 2.18. The highest BCUT2D eigenvalue weighted by Crippen LogP contribution is 2.18. The monoisotopic (exact) mass is 285 g/mol. The van der Waals surface area contributed by atoms with Crippen LogP contribution in [0.25, 0.3) is 0 Å². The summed E-state index contributed by atoms with van der Waals surface area (Å²) in [5, 5.41) is 2.57. The molecule has 1 unspecified atom stereocenters. The Bertz CT molecular complexity index is 442. The minimum atomic E-state index is -0.485. The highest BCUT2D eigenvalue weighted by molar-refractivity contribution is 7.98. The number of hydrogen-bond acceptors (Lipinski definition) is 4. The molecule has 0 radical (unpaired) electrons. The molecule has 3 N–H and O–H groups in total. The van der Waals surface area contributed by atoms with Gasteiger partial charge in [-0.3, -0.25) is 9.69 Å². The Kier molecular flexibility index (Phi) is 6.11. The average Bonchev–Trinajstić information content (AvgIpc) is 2.39. The van der Waals surface area contributed by atoms with Crippen LogP contribution in [-0.2, 0) is 4.79 Å². The van der Waals surface area contributed by atoms with Gasteiger partial charge in [-0.15, -0.1) is 0 Å². The van der Waals surface area contributed by atoms with Crippen molar-refractivity contribution >= 4 is 29.0 Å². The van der Waals surface area contributed by atoms with Crippen molar-refractivity contribution < 1.29 is 9.18 Å². The molecule has 19 heavy (non-hydrogen) atoms. The van der Waals surface area contributed by atoms with Crippen LogP contribution >= 0.6 is 11.8 Å². The van der Waals surface area contributed by atoms with Crippen molar-refractivity contribution in [2.45, 2.75) is 13.0 Å². The number of halogens is 1. The maximum Gasteiger partial charge on any atom is 0.241 e. The highest BCUT2D eigenvalue weighted by atomic mass is 32.2. The number of amides is 1. The van der Waals surface area contributed by atoms with E-state index in [-0.39, 0.29) is 17.6 Å². The van der Waals surface area contributed by atoms with Gasteiger partial charge >= 0.3 is 0 Å². The first-order chi connectivity index (χ1) is 8.95. The summed E-state index contributed by atoms with van der Waals surface area (Å²) in [7, 11) is 1.87. The Morgan fingerprint density at radius 1 is 1.58 bits per heavy atom. The molecule has 0 bridgehead atoms. The number of hydrogen-bond donors (Lipinski definition) is 2. The summed E-state index contributed by atoms with van der Waals surface area (Å²) in [6, 6.07) is 3.79. The lowest BCUT2D eigenvalue weighted by molar-refractivity contribution is -0.120. The zero-order chi connectivity index (χ0) is 14.4. The number of likely N-dealkylation sites (N-methyl/N-ethyl adjacent to an activating group) is 1. The molecule has 0 aliphatic heterocycles. The second kappa shape index (κ2) is 7.35. The molecule has 1 aromatic carbocycles. The number of benzene rings is 1. The zero-order valence-electron chi connectivity index (χ0n) is 11.4. The van der Waals surface area contributed by atoms with E-state index in [1.165, 1.54) is 18.2 Å². The summed E-state index contributed by atoms with van der Waals surface area (Å²) in [5.41, 5.74) is 6.11. The number of thioether (sulfide) groups is 1. The Morgan fingerprint density at radius 2 is 2.26 bits per heavy atom. The van der Waals surface area contributed by atoms with Crippen LogP contribution in [0.15, 0.2) is 18.2 Å². The molecule has 1 amide bonds. The number of anilines is 2. The van der Waals surface area contributed by atoms with E-state index in [4.69, 9.17) is 5.73 Å². The van der Waals surface area contributed by atoms with Crippen LogP contribution in [-0.4, -0.2) is 42.4 Å². The molecule has 1 aromatic rings. The largest absolute Gasteiger partial charge is 0.399 e. The van der Waals surface area contributed by atoms with Gasteiger partial charge in [0.2, 0.25) is 5.91 Å². The van der Waals surface area contributed by atoms with Gasteiger partial charge in [0.1, 0.15) is 5.82 Å². The van der Waals surface area contributed by atoms with Gasteiger partial charge in [0, 0.05) is 18.0 Å². The number of carbonyl (C=O) groups excluding carboxylic acids is 1. The minimum Gasteiger partial charge on any atom is -0.399 e. The van der Waals surface area contributed by atoms with Crippen molar-refractivity contribution in [3.05, 3.63) is 24.0 Å². The summed E-state index contributed by atoms with van der Waals surface area (Å²) in [6.45, 7) is 2.59. The summed E-state index contributed by atoms with van der Waals surface area (Å²) in [5.74, 6) is 0.218. The topological polar surface area (TPSA) is 58.4 Å². The second-order valence-electron chi connectivity index (χ2n) is 4.38. The van der Waals surface area contributed by atoms with Crippen molar-refractivity contribution in [1.29, 1.82) is 0 Å². The number of nitrogens with one attached hydrogen (secondary N) is 1. The maximum atomic E-state index is 13.5. The molecule has 4 nitrogen and oxygen atoms in total. The van der Waals surface area contributed by atoms with Crippen molar-refractivity contribution in [2.24, 2.45) is 0 Å². The molecule has 1 atom stereocenters. The molecule has 0 saturated carbocycles. The first-order valence-electron chi connectivity index (χ1n) is 6.00. The normalized spacial score (nSPS) is 12.5. The van der Waals surface area contributed by atoms with Crippen LogP contribution in [0.3, 0.4) is 0 Å². The van der Waals surface area contributed by atoms with Crippen LogP contribution in [0.4, 0.5) is 15.8 Å². The smallest absolute Gasteiger partial charge is 0.241 e. The Balaban J connectivity index is 2.65. The third-order valence-electron chi connectivity index (χ3n) is 2.94. The van der Waals surface area contributed by atoms with Gasteiger partial charge in [0.15, 0.2) is 0 Å². The Morgan fingerprint density at radius 3 is 2.89 bits per heavy atom. The summed E-state index contributed by atoms with van der Waals surface area (Å²) >= 11 is 1.72. The first-order valence-corrected chi connectivity index (χ1v) is 7.40. The van der Waals surface area contributed by atoms with Crippen LogP contribution in [0.2, 0.25) is 0 Å². The van der Waals surface area contributed by atoms with E-state index in [0.717, 1.165) is 12.3 Å². The standard InChI is InChI=1S/C13H20FN3OS/c1-9(17(2)6-7-19-3)13(18)16-12-8-10(15)4-5-11(12)14/h4-5,8-9H,6-7,15H2,1-3H3,(H,16,18). The van der Waals surface area contributed by atoms with Gasteiger partial charge in [-0.25, -0.2) is 4.39 Å². The van der Waals surface area contributed by atoms with Crippen LogP contribution < -0.4 is 11.1 Å². The van der Waals surface area contributed by atoms with Crippen molar-refractivity contribution in [1.82, 2.24) is 4.90 Å². The number of nitrogen functional groups attached to an aromatic ring is 1. The van der Waals surface area contributed by atoms with E-state index in [0.29, 0.717) is 5.69 Å². The van der Waals surface area contributed by atoms with Gasteiger partial charge in [-0.2, -0.15) is 11.8 Å². The molecular formula is C13H20FN3OS. The molecule has 0 spiro atoms. The zero-order valence-corrected chi connectivity index (χ0v) is 12.3. The van der Waals surface area contributed by atoms with Crippen LogP contribution in [0, 0.1) is 5.82 Å². The molecule has 106 valence electrons. The fourth-order valence-corrected chi connectivity index (χ4v) is 1.98. The molecule has 0 fully saturated rings. The molecule has 0 heterocycles. The van der Waals surface area contributed by atoms with E-state index in [1.54, 1.807) is 18.7 Å². The third kappa shape index (κ3) is 4.72. The van der Waals surface area contributed by atoms with Gasteiger partial charge in [0.25, 0.3) is 0 Å². The SMILES string of the molecule is CSCCN(C)C(C)C(=O)Nc1cc(N)ccc1F. The third-order valence-corrected chi connectivity index (χ3v) is 3.53. The molecule has 0 aromatic heterocycles. The lowest BCUT2D eigenvalue weighted by Crippen LogP contribution is -2.40. The average molecular weight is 285 g/mol. The fraction of sp³-hybridized carbons (Fsp3) is 0.462. The Hall–Kier alpha value is -1.27. The lowest BCUT2D eigenvalue weighted by atomic mass is 10.2. The van der Waals surface area contributed by atoms with E-state index >= 15 is 0 Å². The van der Waals surface area contributed by atoms with Gasteiger partial charge < -0.3 is 11.1 Å². The molecule has 0 aliphatic rings. The van der Waals surface area contributed by atoms with Crippen molar-refractivity contribution in [2.75, 3.05) is 36.7 Å². The molecule has 1 rings (SSSR count). The van der Waals surface area contributed by atoms with E-state index in [1.807, 2.05) is 18.2 Å². The summed E-state index contributed by atoms with van der Waals surface area (Å²) in [6.07, 6.45) is 2.01. The summed E-state index contributed by atoms with van der Waals surface area (Å²) < 4.78 is 13.5. The second-order valence-corrected chi connectivity index (χ2v) is 5.36. The lowest BCUT2D eigenvalue weighted by Gasteiger charge is -2.23. The quantitative estimate of drug-likeness (QED) is 0.785. The van der Waals surface area contributed by atoms with Crippen molar-refractivity contribution in [3.63, 3.8) is 0 Å².